The number of aromatic nitrogens is 2. The van der Waals surface area contributed by atoms with Crippen molar-refractivity contribution in [2.45, 2.75) is 27.1 Å². The Labute approximate surface area is 79.9 Å². The molecule has 0 saturated carbocycles. The first-order chi connectivity index (χ1) is 6.47. The fourth-order valence-electron chi connectivity index (χ4n) is 0.537. The molecule has 0 bridgehead atoms. The summed E-state index contributed by atoms with van der Waals surface area (Å²) in [6.45, 7) is 5.66. The predicted octanol–water partition coefficient (Wildman–Crippen LogP) is 2.71. The van der Waals surface area contributed by atoms with Crippen LogP contribution < -0.4 is 4.74 Å². The van der Waals surface area contributed by atoms with Gasteiger partial charge in [-0.25, -0.2) is 9.97 Å². The smallest absolute Gasteiger partial charge is 0.371 e. The molecular formula is C8H11F3N2O. The third kappa shape index (κ3) is 5.34. The molecule has 1 rings (SSSR count). The molecule has 6 heteroatoms. The van der Waals surface area contributed by atoms with Gasteiger partial charge >= 0.3 is 12.4 Å². The number of alkyl halides is 3. The molecule has 3 nitrogen and oxygen atoms in total. The lowest BCUT2D eigenvalue weighted by atomic mass is 10.4. The van der Waals surface area contributed by atoms with Gasteiger partial charge < -0.3 is 4.74 Å². The van der Waals surface area contributed by atoms with Crippen molar-refractivity contribution in [3.05, 3.63) is 18.0 Å². The van der Waals surface area contributed by atoms with Crippen molar-refractivity contribution in [2.24, 2.45) is 0 Å². The maximum Gasteiger partial charge on any atom is 0.575 e. The highest BCUT2D eigenvalue weighted by Gasteiger charge is 2.32. The Balaban J connectivity index is 0.000000791. The zero-order chi connectivity index (χ0) is 11.2. The van der Waals surface area contributed by atoms with E-state index >= 15 is 0 Å². The van der Waals surface area contributed by atoms with Crippen LogP contribution in [0.2, 0.25) is 0 Å². The number of nitrogens with zero attached hydrogens (tertiary/aromatic N) is 2. The summed E-state index contributed by atoms with van der Waals surface area (Å²) in [6.07, 6.45) is -2.24. The highest BCUT2D eigenvalue weighted by molar-refractivity contribution is 5.04. The van der Waals surface area contributed by atoms with Gasteiger partial charge in [-0.2, -0.15) is 0 Å². The molecule has 0 radical (unpaired) electrons. The summed E-state index contributed by atoms with van der Waals surface area (Å²) in [7, 11) is 0. The second-order valence-corrected chi connectivity index (χ2v) is 2.09. The van der Waals surface area contributed by atoms with E-state index in [1.165, 1.54) is 12.4 Å². The summed E-state index contributed by atoms with van der Waals surface area (Å²) in [5.41, 5.74) is 0.671. The van der Waals surface area contributed by atoms with Gasteiger partial charge in [-0.1, -0.05) is 13.8 Å². The molecule has 1 aromatic rings. The van der Waals surface area contributed by atoms with Crippen molar-refractivity contribution in [1.82, 2.24) is 9.97 Å². The summed E-state index contributed by atoms with van der Waals surface area (Å²) >= 11 is 0. The first-order valence-electron chi connectivity index (χ1n) is 4.02. The summed E-state index contributed by atoms with van der Waals surface area (Å²) in [5, 5.41) is 0. The zero-order valence-electron chi connectivity index (χ0n) is 8.09. The van der Waals surface area contributed by atoms with Crippen LogP contribution in [0.25, 0.3) is 0 Å². The largest absolute Gasteiger partial charge is 0.575 e. The van der Waals surface area contributed by atoms with Crippen LogP contribution in [0, 0.1) is 6.92 Å². The molecule has 80 valence electrons. The summed E-state index contributed by atoms with van der Waals surface area (Å²) in [5.74, 6) is 0. The van der Waals surface area contributed by atoms with Crippen LogP contribution in [-0.4, -0.2) is 16.3 Å². The van der Waals surface area contributed by atoms with Gasteiger partial charge in [0, 0.05) is 12.4 Å². The van der Waals surface area contributed by atoms with Gasteiger partial charge in [0.1, 0.15) is 0 Å². The Morgan fingerprint density at radius 2 is 1.57 bits per heavy atom. The number of aryl methyl sites for hydroxylation is 1. The number of halogens is 3. The van der Waals surface area contributed by atoms with Crippen LogP contribution in [0.3, 0.4) is 0 Å². The Kier molecular flexibility index (Phi) is 4.90. The molecule has 0 aromatic carbocycles. The minimum absolute atomic E-state index is 0.671. The zero-order valence-corrected chi connectivity index (χ0v) is 8.09. The van der Waals surface area contributed by atoms with Crippen LogP contribution >= 0.6 is 0 Å². The van der Waals surface area contributed by atoms with Crippen LogP contribution in [-0.2, 0) is 0 Å². The Bertz CT molecular complexity index is 258. The SMILES string of the molecule is CC.Cc1cnc(OC(F)(F)F)nc1. The monoisotopic (exact) mass is 208 g/mol. The Morgan fingerprint density at radius 3 is 1.93 bits per heavy atom. The average molecular weight is 208 g/mol. The predicted molar refractivity (Wildman–Crippen MR) is 44.8 cm³/mol. The molecule has 0 N–H and O–H groups in total. The van der Waals surface area contributed by atoms with Crippen LogP contribution in [0.15, 0.2) is 12.4 Å². The second kappa shape index (κ2) is 5.41. The first-order valence-corrected chi connectivity index (χ1v) is 4.02. The van der Waals surface area contributed by atoms with Gasteiger partial charge in [0.25, 0.3) is 0 Å². The van der Waals surface area contributed by atoms with Crippen molar-refractivity contribution >= 4 is 0 Å². The molecule has 0 aliphatic carbocycles. The molecule has 0 unspecified atom stereocenters. The van der Waals surface area contributed by atoms with E-state index in [0.29, 0.717) is 5.56 Å². The summed E-state index contributed by atoms with van der Waals surface area (Å²) in [6, 6.07) is -0.687. The number of rotatable bonds is 1. The molecule has 0 atom stereocenters. The topological polar surface area (TPSA) is 35.0 Å². The lowest BCUT2D eigenvalue weighted by Gasteiger charge is -2.05. The lowest BCUT2D eigenvalue weighted by molar-refractivity contribution is -0.277. The number of hydrogen-bond acceptors (Lipinski definition) is 3. The third-order valence-corrected chi connectivity index (χ3v) is 0.964. The van der Waals surface area contributed by atoms with Crippen molar-refractivity contribution in [3.8, 4) is 6.01 Å². The molecule has 0 fully saturated rings. The van der Waals surface area contributed by atoms with E-state index in [4.69, 9.17) is 0 Å². The van der Waals surface area contributed by atoms with Gasteiger partial charge in [0.05, 0.1) is 0 Å². The van der Waals surface area contributed by atoms with Gasteiger partial charge in [-0.3, -0.25) is 0 Å². The fraction of sp³-hybridized carbons (Fsp3) is 0.500. The van der Waals surface area contributed by atoms with Gasteiger partial charge in [0.2, 0.25) is 0 Å². The van der Waals surface area contributed by atoms with Gasteiger partial charge in [-0.05, 0) is 12.5 Å². The van der Waals surface area contributed by atoms with E-state index in [0.717, 1.165) is 0 Å². The van der Waals surface area contributed by atoms with E-state index in [-0.39, 0.29) is 0 Å². The molecule has 14 heavy (non-hydrogen) atoms. The van der Waals surface area contributed by atoms with Gasteiger partial charge in [-0.15, -0.1) is 13.2 Å². The minimum Gasteiger partial charge on any atom is -0.371 e. The van der Waals surface area contributed by atoms with E-state index in [1.807, 2.05) is 13.8 Å². The third-order valence-electron chi connectivity index (χ3n) is 0.964. The molecule has 0 spiro atoms. The normalized spacial score (nSPS) is 10.1. The van der Waals surface area contributed by atoms with Crippen molar-refractivity contribution in [3.63, 3.8) is 0 Å². The highest BCUT2D eigenvalue weighted by atomic mass is 19.4. The molecular weight excluding hydrogens is 197 g/mol. The maximum atomic E-state index is 11.5. The molecule has 1 aromatic heterocycles. The number of ether oxygens (including phenoxy) is 1. The summed E-state index contributed by atoms with van der Waals surface area (Å²) in [4.78, 5) is 6.62. The molecule has 1 heterocycles. The van der Waals surface area contributed by atoms with E-state index in [2.05, 4.69) is 14.7 Å². The highest BCUT2D eigenvalue weighted by Crippen LogP contribution is 2.18. The maximum absolute atomic E-state index is 11.5. The quantitative estimate of drug-likeness (QED) is 0.711. The van der Waals surface area contributed by atoms with Crippen molar-refractivity contribution in [2.75, 3.05) is 0 Å². The Hall–Kier alpha value is -1.33. The molecule has 0 amide bonds. The molecule has 0 saturated heterocycles. The minimum atomic E-state index is -4.73. The standard InChI is InChI=1S/C6H5F3N2O.C2H6/c1-4-2-10-5(11-3-4)12-6(7,8)9;1-2/h2-3H,1H3;1-2H3. The number of hydrogen-bond donors (Lipinski definition) is 0. The molecule has 0 aliphatic rings. The lowest BCUT2D eigenvalue weighted by Crippen LogP contribution is -2.18. The van der Waals surface area contributed by atoms with E-state index < -0.39 is 12.4 Å². The molecule has 0 aliphatic heterocycles. The Morgan fingerprint density at radius 1 is 1.14 bits per heavy atom. The second-order valence-electron chi connectivity index (χ2n) is 2.09. The van der Waals surface area contributed by atoms with Crippen LogP contribution in [0.1, 0.15) is 19.4 Å². The fourth-order valence-corrected chi connectivity index (χ4v) is 0.537. The summed E-state index contributed by atoms with van der Waals surface area (Å²) < 4.78 is 38.1. The van der Waals surface area contributed by atoms with Crippen molar-refractivity contribution in [1.29, 1.82) is 0 Å². The van der Waals surface area contributed by atoms with E-state index in [9.17, 15) is 13.2 Å². The van der Waals surface area contributed by atoms with E-state index in [1.54, 1.807) is 6.92 Å². The van der Waals surface area contributed by atoms with Crippen LogP contribution in [0.5, 0.6) is 6.01 Å². The average Bonchev–Trinajstić information content (AvgIpc) is 2.10. The van der Waals surface area contributed by atoms with Gasteiger partial charge in [0.15, 0.2) is 0 Å². The van der Waals surface area contributed by atoms with Crippen LogP contribution in [0.4, 0.5) is 13.2 Å². The first kappa shape index (κ1) is 12.7. The van der Waals surface area contributed by atoms with Crippen molar-refractivity contribution < 1.29 is 17.9 Å².